The van der Waals surface area contributed by atoms with Crippen molar-refractivity contribution in [2.45, 2.75) is 33.1 Å². The Bertz CT molecular complexity index is 948. The molecule has 0 saturated heterocycles. The molecule has 0 aliphatic rings. The van der Waals surface area contributed by atoms with Crippen LogP contribution in [0.15, 0.2) is 42.5 Å². The quantitative estimate of drug-likeness (QED) is 0.482. The highest BCUT2D eigenvalue weighted by molar-refractivity contribution is 5.94. The van der Waals surface area contributed by atoms with Gasteiger partial charge in [0.2, 0.25) is 5.91 Å². The van der Waals surface area contributed by atoms with Crippen LogP contribution in [0.3, 0.4) is 0 Å². The molecule has 32 heavy (non-hydrogen) atoms. The third-order valence-corrected chi connectivity index (χ3v) is 4.38. The normalized spacial score (nSPS) is 12.2. The van der Waals surface area contributed by atoms with E-state index in [9.17, 15) is 27.9 Å². The monoisotopic (exact) mass is 453 g/mol. The van der Waals surface area contributed by atoms with Crippen LogP contribution >= 0.6 is 0 Å². The summed E-state index contributed by atoms with van der Waals surface area (Å²) in [6.45, 7) is 4.81. The Hall–Kier alpha value is -3.27. The molecule has 10 heteroatoms. The van der Waals surface area contributed by atoms with Gasteiger partial charge in [-0.3, -0.25) is 4.79 Å². The van der Waals surface area contributed by atoms with Gasteiger partial charge in [-0.1, -0.05) is 26.0 Å². The Morgan fingerprint density at radius 3 is 2.47 bits per heavy atom. The van der Waals surface area contributed by atoms with Crippen molar-refractivity contribution in [1.29, 1.82) is 0 Å². The fourth-order valence-electron chi connectivity index (χ4n) is 2.51. The highest BCUT2D eigenvalue weighted by atomic mass is 19.4. The second-order valence-corrected chi connectivity index (χ2v) is 7.50. The number of aliphatic hydroxyl groups excluding tert-OH is 1. The summed E-state index contributed by atoms with van der Waals surface area (Å²) in [6.07, 6.45) is -5.64. The first-order chi connectivity index (χ1) is 15.0. The molecule has 0 aliphatic carbocycles. The lowest BCUT2D eigenvalue weighted by atomic mass is 10.1. The van der Waals surface area contributed by atoms with Gasteiger partial charge in [0.15, 0.2) is 0 Å². The molecule has 2 rings (SSSR count). The average Bonchev–Trinajstić information content (AvgIpc) is 2.72. The minimum Gasteiger partial charge on any atom is -0.491 e. The highest BCUT2D eigenvalue weighted by Gasteiger charge is 2.30. The van der Waals surface area contributed by atoms with Crippen molar-refractivity contribution >= 4 is 23.3 Å². The molecule has 7 nitrogen and oxygen atoms in total. The van der Waals surface area contributed by atoms with Crippen LogP contribution in [0.25, 0.3) is 0 Å². The number of alkyl halides is 3. The first-order valence-corrected chi connectivity index (χ1v) is 9.90. The molecule has 0 aromatic heterocycles. The Morgan fingerprint density at radius 1 is 1.09 bits per heavy atom. The van der Waals surface area contributed by atoms with Gasteiger partial charge in [0.25, 0.3) is 0 Å². The van der Waals surface area contributed by atoms with Crippen molar-refractivity contribution in [3.63, 3.8) is 0 Å². The van der Waals surface area contributed by atoms with Crippen molar-refractivity contribution in [2.75, 3.05) is 23.8 Å². The zero-order valence-electron chi connectivity index (χ0n) is 17.9. The molecule has 2 aromatic rings. The number of urea groups is 1. The minimum atomic E-state index is -4.50. The van der Waals surface area contributed by atoms with Crippen molar-refractivity contribution in [3.05, 3.63) is 53.6 Å². The number of carbonyl (C=O) groups is 2. The molecule has 0 heterocycles. The van der Waals surface area contributed by atoms with Gasteiger partial charge in [-0.05, 0) is 42.8 Å². The summed E-state index contributed by atoms with van der Waals surface area (Å²) in [5.41, 5.74) is 0.901. The Kier molecular flexibility index (Phi) is 8.48. The van der Waals surface area contributed by atoms with E-state index in [1.807, 2.05) is 0 Å². The number of anilines is 2. The number of carbonyl (C=O) groups excluding carboxylic acids is 2. The number of amides is 3. The van der Waals surface area contributed by atoms with Gasteiger partial charge in [-0.2, -0.15) is 13.2 Å². The van der Waals surface area contributed by atoms with Gasteiger partial charge >= 0.3 is 12.2 Å². The van der Waals surface area contributed by atoms with E-state index < -0.39 is 23.9 Å². The standard InChI is InChI=1S/C22H26F3N3O4/c1-13(2)20(30)27-16-8-7-14(3)19(10-16)28-21(31)26-11-17(29)12-32-18-6-4-5-15(9-18)22(23,24)25/h4-10,13,17,29H,11-12H2,1-3H3,(H,27,30)(H2,26,28,31). The van der Waals surface area contributed by atoms with Gasteiger partial charge < -0.3 is 25.8 Å². The number of ether oxygens (including phenoxy) is 1. The zero-order chi connectivity index (χ0) is 23.9. The molecular formula is C22H26F3N3O4. The maximum absolute atomic E-state index is 12.7. The van der Waals surface area contributed by atoms with Crippen LogP contribution in [0.2, 0.25) is 0 Å². The molecule has 4 N–H and O–H groups in total. The van der Waals surface area contributed by atoms with E-state index in [2.05, 4.69) is 16.0 Å². The fourth-order valence-corrected chi connectivity index (χ4v) is 2.51. The molecule has 0 spiro atoms. The maximum Gasteiger partial charge on any atom is 0.416 e. The predicted molar refractivity (Wildman–Crippen MR) is 115 cm³/mol. The Balaban J connectivity index is 1.84. The first kappa shape index (κ1) is 25.0. The maximum atomic E-state index is 12.7. The van der Waals surface area contributed by atoms with E-state index in [1.165, 1.54) is 12.1 Å². The molecular weight excluding hydrogens is 427 g/mol. The molecule has 3 amide bonds. The number of hydrogen-bond acceptors (Lipinski definition) is 4. The predicted octanol–water partition coefficient (Wildman–Crippen LogP) is 4.17. The third kappa shape index (κ3) is 7.77. The zero-order valence-corrected chi connectivity index (χ0v) is 17.9. The molecule has 1 atom stereocenters. The van der Waals surface area contributed by atoms with E-state index in [1.54, 1.807) is 39.0 Å². The lowest BCUT2D eigenvalue weighted by molar-refractivity contribution is -0.137. The number of benzene rings is 2. The average molecular weight is 453 g/mol. The third-order valence-electron chi connectivity index (χ3n) is 4.38. The topological polar surface area (TPSA) is 99.7 Å². The second-order valence-electron chi connectivity index (χ2n) is 7.50. The molecule has 0 fully saturated rings. The second kappa shape index (κ2) is 10.9. The first-order valence-electron chi connectivity index (χ1n) is 9.90. The lowest BCUT2D eigenvalue weighted by Crippen LogP contribution is -2.37. The summed E-state index contributed by atoms with van der Waals surface area (Å²) in [5, 5.41) is 17.8. The summed E-state index contributed by atoms with van der Waals surface area (Å²) in [5.74, 6) is -0.400. The summed E-state index contributed by atoms with van der Waals surface area (Å²) in [6, 6.07) is 8.77. The largest absolute Gasteiger partial charge is 0.491 e. The fraction of sp³-hybridized carbons (Fsp3) is 0.364. The SMILES string of the molecule is Cc1ccc(NC(=O)C(C)C)cc1NC(=O)NCC(O)COc1cccc(C(F)(F)F)c1. The van der Waals surface area contributed by atoms with Crippen LogP contribution in [0.4, 0.5) is 29.3 Å². The van der Waals surface area contributed by atoms with Crippen molar-refractivity contribution in [3.8, 4) is 5.75 Å². The number of nitrogens with one attached hydrogen (secondary N) is 3. The van der Waals surface area contributed by atoms with E-state index in [4.69, 9.17) is 4.74 Å². The van der Waals surface area contributed by atoms with Crippen LogP contribution in [-0.2, 0) is 11.0 Å². The Labute approximate surface area is 184 Å². The van der Waals surface area contributed by atoms with Crippen LogP contribution in [0, 0.1) is 12.8 Å². The smallest absolute Gasteiger partial charge is 0.416 e. The molecule has 0 aliphatic heterocycles. The highest BCUT2D eigenvalue weighted by Crippen LogP contribution is 2.31. The van der Waals surface area contributed by atoms with Gasteiger partial charge in [0.05, 0.1) is 5.56 Å². The lowest BCUT2D eigenvalue weighted by Gasteiger charge is -2.16. The van der Waals surface area contributed by atoms with E-state index in [0.29, 0.717) is 11.4 Å². The van der Waals surface area contributed by atoms with Gasteiger partial charge in [0.1, 0.15) is 18.5 Å². The molecule has 0 bridgehead atoms. The molecule has 1 unspecified atom stereocenters. The summed E-state index contributed by atoms with van der Waals surface area (Å²) >= 11 is 0. The van der Waals surface area contributed by atoms with Crippen molar-refractivity contribution in [1.82, 2.24) is 5.32 Å². The van der Waals surface area contributed by atoms with Crippen LogP contribution in [0.1, 0.15) is 25.0 Å². The molecule has 2 aromatic carbocycles. The van der Waals surface area contributed by atoms with E-state index >= 15 is 0 Å². The number of aryl methyl sites for hydroxylation is 1. The van der Waals surface area contributed by atoms with Crippen molar-refractivity contribution < 1.29 is 32.6 Å². The molecule has 0 radical (unpaired) electrons. The molecule has 0 saturated carbocycles. The Morgan fingerprint density at radius 2 is 1.81 bits per heavy atom. The van der Waals surface area contributed by atoms with E-state index in [-0.39, 0.29) is 30.7 Å². The van der Waals surface area contributed by atoms with Crippen LogP contribution in [-0.4, -0.2) is 36.3 Å². The summed E-state index contributed by atoms with van der Waals surface area (Å²) in [7, 11) is 0. The number of hydrogen-bond donors (Lipinski definition) is 4. The number of rotatable bonds is 8. The van der Waals surface area contributed by atoms with Crippen LogP contribution in [0.5, 0.6) is 5.75 Å². The van der Waals surface area contributed by atoms with Gasteiger partial charge in [-0.15, -0.1) is 0 Å². The minimum absolute atomic E-state index is 0.0424. The summed E-state index contributed by atoms with van der Waals surface area (Å²) < 4.78 is 43.4. The summed E-state index contributed by atoms with van der Waals surface area (Å²) in [4.78, 5) is 24.0. The van der Waals surface area contributed by atoms with Crippen molar-refractivity contribution in [2.24, 2.45) is 5.92 Å². The van der Waals surface area contributed by atoms with Crippen LogP contribution < -0.4 is 20.7 Å². The van der Waals surface area contributed by atoms with Gasteiger partial charge in [0, 0.05) is 23.8 Å². The molecule has 174 valence electrons. The number of halogens is 3. The van der Waals surface area contributed by atoms with E-state index in [0.717, 1.165) is 17.7 Å². The number of aliphatic hydroxyl groups is 1. The van der Waals surface area contributed by atoms with Gasteiger partial charge in [-0.25, -0.2) is 4.79 Å².